The van der Waals surface area contributed by atoms with E-state index in [1.54, 1.807) is 11.1 Å². The number of benzene rings is 2. The van der Waals surface area contributed by atoms with Crippen LogP contribution < -0.4 is 15.4 Å². The van der Waals surface area contributed by atoms with Crippen LogP contribution in [-0.4, -0.2) is 33.4 Å². The van der Waals surface area contributed by atoms with E-state index in [-0.39, 0.29) is 11.6 Å². The lowest BCUT2D eigenvalue weighted by Crippen LogP contribution is -2.51. The summed E-state index contributed by atoms with van der Waals surface area (Å²) in [6.45, 7) is 4.44. The maximum atomic E-state index is 13.1. The number of nitro benzene ring substituents is 1. The summed E-state index contributed by atoms with van der Waals surface area (Å²) in [6, 6.07) is 11.4. The van der Waals surface area contributed by atoms with Gasteiger partial charge in [0.2, 0.25) is 0 Å². The fourth-order valence-electron chi connectivity index (χ4n) is 3.68. The van der Waals surface area contributed by atoms with E-state index in [2.05, 4.69) is 15.7 Å². The molecule has 2 atom stereocenters. The molecule has 2 aromatic rings. The van der Waals surface area contributed by atoms with Crippen LogP contribution in [0.2, 0.25) is 0 Å². The van der Waals surface area contributed by atoms with Gasteiger partial charge in [-0.05, 0) is 24.3 Å². The number of carbonyl (C=O) groups is 1. The summed E-state index contributed by atoms with van der Waals surface area (Å²) in [7, 11) is 0. The summed E-state index contributed by atoms with van der Waals surface area (Å²) < 4.78 is 5.90. The molecular formula is C21H23N5O4S. The van der Waals surface area contributed by atoms with E-state index in [1.807, 2.05) is 38.1 Å². The number of anilines is 1. The van der Waals surface area contributed by atoms with Crippen molar-refractivity contribution in [2.45, 2.75) is 32.5 Å². The lowest BCUT2D eigenvalue weighted by atomic mass is 9.96. The highest BCUT2D eigenvalue weighted by Gasteiger charge is 2.43. The van der Waals surface area contributed by atoms with Gasteiger partial charge >= 0.3 is 0 Å². The van der Waals surface area contributed by atoms with Crippen LogP contribution >= 0.6 is 11.8 Å². The number of nitrogens with zero attached hydrogens (tertiary/aromatic N) is 3. The average molecular weight is 442 g/mol. The molecule has 2 heterocycles. The SMILES string of the molecule is CCCOc1ccc([N+](=O)[O-])cc1[C@H]1Nc2ccccc2[C@H]2C(=O)NC(SCC)=NN12. The number of carbonyl (C=O) groups excluding carboxylic acids is 1. The number of rotatable bonds is 6. The Labute approximate surface area is 184 Å². The molecule has 31 heavy (non-hydrogen) atoms. The second kappa shape index (κ2) is 8.84. The van der Waals surface area contributed by atoms with Crippen molar-refractivity contribution in [1.29, 1.82) is 0 Å². The average Bonchev–Trinajstić information content (AvgIpc) is 2.77. The molecule has 0 aliphatic carbocycles. The maximum absolute atomic E-state index is 13.1. The van der Waals surface area contributed by atoms with Crippen molar-refractivity contribution >= 4 is 34.2 Å². The van der Waals surface area contributed by atoms with E-state index < -0.39 is 17.1 Å². The third-order valence-electron chi connectivity index (χ3n) is 5.00. The van der Waals surface area contributed by atoms with Gasteiger partial charge in [-0.25, -0.2) is 0 Å². The lowest BCUT2D eigenvalue weighted by molar-refractivity contribution is -0.385. The predicted octanol–water partition coefficient (Wildman–Crippen LogP) is 4.00. The van der Waals surface area contributed by atoms with E-state index in [1.165, 1.54) is 23.9 Å². The number of amides is 1. The Morgan fingerprint density at radius 2 is 2.03 bits per heavy atom. The second-order valence-electron chi connectivity index (χ2n) is 7.07. The van der Waals surface area contributed by atoms with Crippen LogP contribution in [0.15, 0.2) is 47.6 Å². The molecule has 0 radical (unpaired) electrons. The summed E-state index contributed by atoms with van der Waals surface area (Å²) in [5.41, 5.74) is 2.08. The highest BCUT2D eigenvalue weighted by Crippen LogP contribution is 2.45. The summed E-state index contributed by atoms with van der Waals surface area (Å²) in [5, 5.41) is 24.6. The molecular weight excluding hydrogens is 418 g/mol. The van der Waals surface area contributed by atoms with Gasteiger partial charge in [0.05, 0.1) is 11.5 Å². The van der Waals surface area contributed by atoms with Crippen LogP contribution in [0.1, 0.15) is 43.6 Å². The van der Waals surface area contributed by atoms with Crippen LogP contribution in [0.5, 0.6) is 5.75 Å². The highest BCUT2D eigenvalue weighted by atomic mass is 32.2. The molecule has 0 spiro atoms. The molecule has 0 bridgehead atoms. The zero-order chi connectivity index (χ0) is 22.0. The maximum Gasteiger partial charge on any atom is 0.270 e. The standard InChI is InChI=1S/C21H23N5O4S/c1-3-11-30-17-10-9-13(26(28)29)12-15(17)19-22-16-8-6-5-7-14(16)18-20(27)23-21(31-4-2)24-25(18)19/h5-10,12,18-19,22H,3-4,11H2,1-2H3,(H,23,24,27)/t18-,19-/m0/s1. The third-order valence-corrected chi connectivity index (χ3v) is 5.75. The fourth-order valence-corrected chi connectivity index (χ4v) is 4.28. The first-order chi connectivity index (χ1) is 15.0. The van der Waals surface area contributed by atoms with Crippen molar-refractivity contribution in [2.24, 2.45) is 5.10 Å². The number of non-ortho nitro benzene ring substituents is 1. The van der Waals surface area contributed by atoms with E-state index in [9.17, 15) is 14.9 Å². The lowest BCUT2D eigenvalue weighted by Gasteiger charge is -2.43. The van der Waals surface area contributed by atoms with Crippen LogP contribution in [0.25, 0.3) is 0 Å². The minimum Gasteiger partial charge on any atom is -0.493 e. The molecule has 9 nitrogen and oxygen atoms in total. The summed E-state index contributed by atoms with van der Waals surface area (Å²) in [6.07, 6.45) is 0.173. The smallest absolute Gasteiger partial charge is 0.270 e. The van der Waals surface area contributed by atoms with Crippen molar-refractivity contribution in [2.75, 3.05) is 17.7 Å². The number of nitrogens with one attached hydrogen (secondary N) is 2. The van der Waals surface area contributed by atoms with Crippen molar-refractivity contribution in [3.63, 3.8) is 0 Å². The molecule has 2 N–H and O–H groups in total. The molecule has 0 unspecified atom stereocenters. The number of amidine groups is 1. The third kappa shape index (κ3) is 4.02. The first-order valence-electron chi connectivity index (χ1n) is 10.1. The van der Waals surface area contributed by atoms with Gasteiger partial charge in [0, 0.05) is 28.9 Å². The molecule has 10 heteroatoms. The highest BCUT2D eigenvalue weighted by molar-refractivity contribution is 8.13. The molecule has 0 saturated heterocycles. The molecule has 2 aliphatic rings. The Balaban J connectivity index is 1.87. The van der Waals surface area contributed by atoms with Crippen LogP contribution in [0.4, 0.5) is 11.4 Å². The molecule has 1 amide bonds. The Bertz CT molecular complexity index is 1040. The molecule has 2 aromatic carbocycles. The number of ether oxygens (including phenoxy) is 1. The Morgan fingerprint density at radius 1 is 1.23 bits per heavy atom. The predicted molar refractivity (Wildman–Crippen MR) is 120 cm³/mol. The summed E-state index contributed by atoms with van der Waals surface area (Å²) in [5.74, 6) is 1.08. The Hall–Kier alpha value is -3.27. The monoisotopic (exact) mass is 441 g/mol. The molecule has 0 aromatic heterocycles. The van der Waals surface area contributed by atoms with E-state index in [0.717, 1.165) is 23.4 Å². The van der Waals surface area contributed by atoms with Gasteiger partial charge in [0.25, 0.3) is 11.6 Å². The molecule has 0 fully saturated rings. The van der Waals surface area contributed by atoms with Gasteiger partial charge in [0.15, 0.2) is 11.2 Å². The molecule has 4 rings (SSSR count). The van der Waals surface area contributed by atoms with Crippen molar-refractivity contribution in [3.05, 3.63) is 63.7 Å². The quantitative estimate of drug-likeness (QED) is 0.515. The van der Waals surface area contributed by atoms with Gasteiger partial charge in [0.1, 0.15) is 11.9 Å². The van der Waals surface area contributed by atoms with Gasteiger partial charge < -0.3 is 15.4 Å². The van der Waals surface area contributed by atoms with Crippen LogP contribution in [0.3, 0.4) is 0 Å². The number of thioether (sulfide) groups is 1. The van der Waals surface area contributed by atoms with Crippen molar-refractivity contribution < 1.29 is 14.5 Å². The number of hydrazone groups is 1. The summed E-state index contributed by atoms with van der Waals surface area (Å²) in [4.78, 5) is 24.1. The normalized spacial score (nSPS) is 19.5. The number of para-hydroxylation sites is 1. The van der Waals surface area contributed by atoms with Crippen molar-refractivity contribution in [1.82, 2.24) is 10.3 Å². The van der Waals surface area contributed by atoms with E-state index in [0.29, 0.717) is 23.1 Å². The van der Waals surface area contributed by atoms with E-state index >= 15 is 0 Å². The minimum absolute atomic E-state index is 0.0512. The largest absolute Gasteiger partial charge is 0.493 e. The number of hydrogen-bond donors (Lipinski definition) is 2. The molecule has 162 valence electrons. The zero-order valence-corrected chi connectivity index (χ0v) is 18.0. The number of fused-ring (bicyclic) bond motifs is 3. The van der Waals surface area contributed by atoms with Gasteiger partial charge in [-0.15, -0.1) is 5.10 Å². The van der Waals surface area contributed by atoms with Crippen molar-refractivity contribution in [3.8, 4) is 5.75 Å². The van der Waals surface area contributed by atoms with Crippen LogP contribution in [-0.2, 0) is 4.79 Å². The van der Waals surface area contributed by atoms with Crippen LogP contribution in [0, 0.1) is 10.1 Å². The Morgan fingerprint density at radius 3 is 2.77 bits per heavy atom. The molecule has 0 saturated carbocycles. The topological polar surface area (TPSA) is 109 Å². The second-order valence-corrected chi connectivity index (χ2v) is 8.32. The summed E-state index contributed by atoms with van der Waals surface area (Å²) >= 11 is 1.43. The Kier molecular flexibility index (Phi) is 5.99. The van der Waals surface area contributed by atoms with Gasteiger partial charge in [-0.2, -0.15) is 0 Å². The van der Waals surface area contributed by atoms with E-state index in [4.69, 9.17) is 4.74 Å². The zero-order valence-electron chi connectivity index (χ0n) is 17.2. The van der Waals surface area contributed by atoms with Gasteiger partial charge in [-0.1, -0.05) is 43.8 Å². The first kappa shape index (κ1) is 21.0. The molecule has 2 aliphatic heterocycles. The first-order valence-corrected chi connectivity index (χ1v) is 11.1. The number of nitro groups is 1. The fraction of sp³-hybridized carbons (Fsp3) is 0.333. The van der Waals surface area contributed by atoms with Gasteiger partial charge in [-0.3, -0.25) is 19.9 Å². The minimum atomic E-state index is -0.665. The number of hydrogen-bond acceptors (Lipinski definition) is 8.